The summed E-state index contributed by atoms with van der Waals surface area (Å²) in [6.07, 6.45) is 1.71. The molecule has 2 heterocycles. The highest BCUT2D eigenvalue weighted by atomic mass is 31.2. The van der Waals surface area contributed by atoms with Crippen molar-refractivity contribution in [3.05, 3.63) is 29.8 Å². The van der Waals surface area contributed by atoms with Crippen LogP contribution in [0.3, 0.4) is 0 Å². The van der Waals surface area contributed by atoms with Gasteiger partial charge in [0.2, 0.25) is 5.50 Å². The highest BCUT2D eigenvalue weighted by Gasteiger charge is 2.23. The smallest absolute Gasteiger partial charge is 0.391 e. The molecule has 2 rings (SSSR count). The molecular formula is C12H15N2O4P. The highest BCUT2D eigenvalue weighted by Crippen LogP contribution is 2.36. The number of hydrogen-bond acceptors (Lipinski definition) is 4. The lowest BCUT2D eigenvalue weighted by Crippen LogP contribution is -2.00. The van der Waals surface area contributed by atoms with E-state index in [1.165, 1.54) is 12.1 Å². The lowest BCUT2D eigenvalue weighted by Gasteiger charge is -2.06. The second-order valence-electron chi connectivity index (χ2n) is 4.18. The third-order valence-corrected chi connectivity index (χ3v) is 3.45. The van der Waals surface area contributed by atoms with Crippen molar-refractivity contribution in [2.24, 2.45) is 0 Å². The molecule has 0 saturated heterocycles. The Morgan fingerprint density at radius 1 is 1.32 bits per heavy atom. The maximum Gasteiger partial charge on any atom is 0.391 e. The number of rotatable bonds is 4. The van der Waals surface area contributed by atoms with Gasteiger partial charge in [-0.25, -0.2) is 4.98 Å². The Morgan fingerprint density at radius 3 is 2.63 bits per heavy atom. The van der Waals surface area contributed by atoms with Crippen LogP contribution in [0.5, 0.6) is 0 Å². The van der Waals surface area contributed by atoms with Crippen LogP contribution in [0, 0.1) is 0 Å². The average molecular weight is 282 g/mol. The lowest BCUT2D eigenvalue weighted by molar-refractivity contribution is 0.377. The van der Waals surface area contributed by atoms with Gasteiger partial charge in [0.25, 0.3) is 0 Å². The Morgan fingerprint density at radius 2 is 2.05 bits per heavy atom. The Bertz CT molecular complexity index is 632. The van der Waals surface area contributed by atoms with Crippen molar-refractivity contribution in [1.82, 2.24) is 4.98 Å². The van der Waals surface area contributed by atoms with Crippen molar-refractivity contribution >= 4 is 18.9 Å². The molecule has 0 aliphatic heterocycles. The van der Waals surface area contributed by atoms with Gasteiger partial charge in [-0.3, -0.25) is 4.57 Å². The van der Waals surface area contributed by atoms with Crippen molar-refractivity contribution in [2.75, 3.05) is 5.73 Å². The lowest BCUT2D eigenvalue weighted by atomic mass is 10.1. The summed E-state index contributed by atoms with van der Waals surface area (Å²) in [6, 6.07) is 6.30. The molecule has 0 radical (unpaired) electrons. The highest BCUT2D eigenvalue weighted by molar-refractivity contribution is 7.59. The van der Waals surface area contributed by atoms with Crippen LogP contribution in [-0.4, -0.2) is 14.8 Å². The van der Waals surface area contributed by atoms with Crippen LogP contribution in [0.2, 0.25) is 0 Å². The topological polar surface area (TPSA) is 110 Å². The Labute approximate surface area is 110 Å². The second kappa shape index (κ2) is 5.17. The molecule has 0 aromatic carbocycles. The van der Waals surface area contributed by atoms with E-state index < -0.39 is 7.60 Å². The van der Waals surface area contributed by atoms with Gasteiger partial charge >= 0.3 is 7.60 Å². The number of aryl methyl sites for hydroxylation is 1. The molecule has 0 atom stereocenters. The van der Waals surface area contributed by atoms with Crippen LogP contribution in [0.1, 0.15) is 18.9 Å². The standard InChI is InChI=1S/C12H15N2O4P/c1-2-3-8-4-6-10(13)14-12(8)9-5-7-11(18-9)19(15,16)17/h4-7H,2-3H2,1H3,(H2,13,14)(H2,15,16,17). The molecular weight excluding hydrogens is 267 g/mol. The van der Waals surface area contributed by atoms with Crippen LogP contribution in [-0.2, 0) is 11.0 Å². The molecule has 19 heavy (non-hydrogen) atoms. The molecule has 0 spiro atoms. The van der Waals surface area contributed by atoms with E-state index in [0.717, 1.165) is 18.4 Å². The molecule has 4 N–H and O–H groups in total. The Hall–Kier alpha value is -1.62. The van der Waals surface area contributed by atoms with Gasteiger partial charge in [-0.2, -0.15) is 0 Å². The zero-order valence-corrected chi connectivity index (χ0v) is 11.3. The molecule has 2 aromatic heterocycles. The van der Waals surface area contributed by atoms with E-state index in [1.54, 1.807) is 6.07 Å². The Balaban J connectivity index is 2.49. The predicted octanol–water partition coefficient (Wildman–Crippen LogP) is 1.68. The van der Waals surface area contributed by atoms with Crippen molar-refractivity contribution in [2.45, 2.75) is 19.8 Å². The average Bonchev–Trinajstić information content (AvgIpc) is 2.80. The molecule has 7 heteroatoms. The summed E-state index contributed by atoms with van der Waals surface area (Å²) in [5.74, 6) is 0.651. The maximum atomic E-state index is 11.1. The first-order valence-corrected chi connectivity index (χ1v) is 7.44. The molecule has 0 unspecified atom stereocenters. The summed E-state index contributed by atoms with van der Waals surface area (Å²) in [6.45, 7) is 2.03. The van der Waals surface area contributed by atoms with Crippen molar-refractivity contribution in [3.8, 4) is 11.5 Å². The van der Waals surface area contributed by atoms with E-state index in [0.29, 0.717) is 17.3 Å². The van der Waals surface area contributed by atoms with Gasteiger partial charge in [0, 0.05) is 0 Å². The van der Waals surface area contributed by atoms with E-state index in [1.807, 2.05) is 13.0 Å². The van der Waals surface area contributed by atoms with E-state index >= 15 is 0 Å². The third kappa shape index (κ3) is 3.04. The van der Waals surface area contributed by atoms with E-state index in [-0.39, 0.29) is 5.50 Å². The zero-order chi connectivity index (χ0) is 14.0. The minimum atomic E-state index is -4.39. The summed E-state index contributed by atoms with van der Waals surface area (Å²) >= 11 is 0. The van der Waals surface area contributed by atoms with Gasteiger partial charge in [-0.1, -0.05) is 19.4 Å². The number of nitrogens with two attached hydrogens (primary N) is 1. The molecule has 102 valence electrons. The van der Waals surface area contributed by atoms with Crippen molar-refractivity contribution in [3.63, 3.8) is 0 Å². The summed E-state index contributed by atoms with van der Waals surface area (Å²) in [4.78, 5) is 22.3. The number of furan rings is 1. The van der Waals surface area contributed by atoms with Crippen LogP contribution in [0.4, 0.5) is 5.82 Å². The van der Waals surface area contributed by atoms with Crippen LogP contribution < -0.4 is 11.2 Å². The first kappa shape index (κ1) is 13.8. The van der Waals surface area contributed by atoms with Gasteiger partial charge in [-0.05, 0) is 30.2 Å². The number of aromatic nitrogens is 1. The quantitative estimate of drug-likeness (QED) is 0.736. The molecule has 0 aliphatic carbocycles. The maximum absolute atomic E-state index is 11.1. The summed E-state index contributed by atoms with van der Waals surface area (Å²) in [5, 5.41) is 0. The van der Waals surface area contributed by atoms with Crippen LogP contribution >= 0.6 is 7.60 Å². The number of nitrogen functional groups attached to an aromatic ring is 1. The van der Waals surface area contributed by atoms with Crippen molar-refractivity contribution in [1.29, 1.82) is 0 Å². The normalized spacial score (nSPS) is 11.7. The largest absolute Gasteiger partial charge is 0.447 e. The van der Waals surface area contributed by atoms with Gasteiger partial charge in [0.15, 0.2) is 5.76 Å². The number of pyridine rings is 1. The first-order valence-electron chi connectivity index (χ1n) is 5.83. The molecule has 2 aromatic rings. The fourth-order valence-corrected chi connectivity index (χ4v) is 2.28. The number of hydrogen-bond donors (Lipinski definition) is 3. The Kier molecular flexibility index (Phi) is 3.75. The minimum absolute atomic E-state index is 0.314. The fraction of sp³-hybridized carbons (Fsp3) is 0.250. The van der Waals surface area contributed by atoms with E-state index in [2.05, 4.69) is 4.98 Å². The molecule has 0 bridgehead atoms. The van der Waals surface area contributed by atoms with E-state index in [9.17, 15) is 4.57 Å². The van der Waals surface area contributed by atoms with Gasteiger partial charge in [0.05, 0.1) is 0 Å². The van der Waals surface area contributed by atoms with Gasteiger partial charge in [-0.15, -0.1) is 0 Å². The summed E-state index contributed by atoms with van der Waals surface area (Å²) in [5.41, 5.74) is 6.74. The van der Waals surface area contributed by atoms with Crippen molar-refractivity contribution < 1.29 is 18.8 Å². The van der Waals surface area contributed by atoms with Gasteiger partial charge in [0.1, 0.15) is 11.5 Å². The monoisotopic (exact) mass is 282 g/mol. The van der Waals surface area contributed by atoms with Gasteiger partial charge < -0.3 is 19.9 Å². The molecule has 0 fully saturated rings. The first-order chi connectivity index (χ1) is 8.91. The number of anilines is 1. The van der Waals surface area contributed by atoms with Crippen LogP contribution in [0.15, 0.2) is 28.7 Å². The van der Waals surface area contributed by atoms with Crippen LogP contribution in [0.25, 0.3) is 11.5 Å². The second-order valence-corrected chi connectivity index (χ2v) is 5.70. The third-order valence-electron chi connectivity index (χ3n) is 2.63. The number of nitrogens with zero attached hydrogens (tertiary/aromatic N) is 1. The SMILES string of the molecule is CCCc1ccc(N)nc1-c1ccc(P(=O)(O)O)o1. The van der Waals surface area contributed by atoms with E-state index in [4.69, 9.17) is 19.9 Å². The summed E-state index contributed by atoms with van der Waals surface area (Å²) in [7, 11) is -4.39. The summed E-state index contributed by atoms with van der Waals surface area (Å²) < 4.78 is 16.3. The molecule has 0 amide bonds. The molecule has 0 saturated carbocycles. The molecule has 0 aliphatic rings. The molecule has 6 nitrogen and oxygen atoms in total. The zero-order valence-electron chi connectivity index (χ0n) is 10.4. The predicted molar refractivity (Wildman–Crippen MR) is 72.0 cm³/mol. The fourth-order valence-electron chi connectivity index (χ4n) is 1.80. The minimum Gasteiger partial charge on any atom is -0.447 e.